The van der Waals surface area contributed by atoms with Crippen molar-refractivity contribution >= 4 is 35.0 Å². The first-order valence-corrected chi connectivity index (χ1v) is 6.31. The smallest absolute Gasteiger partial charge is 0.0130 e. The van der Waals surface area contributed by atoms with E-state index in [9.17, 15) is 0 Å². The Labute approximate surface area is 111 Å². The van der Waals surface area contributed by atoms with E-state index in [1.54, 1.807) is 0 Å². The molecule has 1 fully saturated rings. The Hall–Kier alpha value is 0.200. The molecule has 1 nitrogen and oxygen atoms in total. The van der Waals surface area contributed by atoms with Crippen molar-refractivity contribution in [3.63, 3.8) is 0 Å². The Bertz CT molecular complexity index is 306. The summed E-state index contributed by atoms with van der Waals surface area (Å²) in [7, 11) is 0. The molecule has 0 aliphatic heterocycles. The summed E-state index contributed by atoms with van der Waals surface area (Å²) in [6.07, 6.45) is 5.16. The minimum Gasteiger partial charge on any atom is -0.330 e. The Kier molecular flexibility index (Phi) is 4.87. The monoisotopic (exact) mass is 337 g/mol. The van der Waals surface area contributed by atoms with Gasteiger partial charge in [0.1, 0.15) is 0 Å². The highest BCUT2D eigenvalue weighted by molar-refractivity contribution is 14.1. The van der Waals surface area contributed by atoms with E-state index in [4.69, 9.17) is 5.73 Å². The van der Waals surface area contributed by atoms with Crippen molar-refractivity contribution < 1.29 is 0 Å². The third kappa shape index (κ3) is 2.66. The van der Waals surface area contributed by atoms with E-state index in [2.05, 4.69) is 46.9 Å². The van der Waals surface area contributed by atoms with Crippen molar-refractivity contribution in [1.29, 1.82) is 0 Å². The highest BCUT2D eigenvalue weighted by Gasteiger charge is 2.37. The summed E-state index contributed by atoms with van der Waals surface area (Å²) in [6.45, 7) is 0.811. The van der Waals surface area contributed by atoms with Crippen LogP contribution in [0.1, 0.15) is 31.2 Å². The van der Waals surface area contributed by atoms with Crippen molar-refractivity contribution in [2.45, 2.75) is 31.1 Å². The fraction of sp³-hybridized carbons (Fsp3) is 0.500. The van der Waals surface area contributed by atoms with Gasteiger partial charge in [0.25, 0.3) is 0 Å². The Morgan fingerprint density at radius 2 is 1.80 bits per heavy atom. The van der Waals surface area contributed by atoms with Crippen molar-refractivity contribution in [1.82, 2.24) is 0 Å². The molecule has 84 valence electrons. The van der Waals surface area contributed by atoms with Gasteiger partial charge < -0.3 is 5.73 Å². The van der Waals surface area contributed by atoms with E-state index >= 15 is 0 Å². The fourth-order valence-corrected chi connectivity index (χ4v) is 2.73. The summed E-state index contributed by atoms with van der Waals surface area (Å²) in [5.74, 6) is 0. The standard InChI is InChI=1S/C12H16IN.ClH/c13-11-4-2-10(3-5-11)12(8-9-14)6-1-7-12;/h2-5H,1,6-9,14H2;1H. The second kappa shape index (κ2) is 5.51. The largest absolute Gasteiger partial charge is 0.330 e. The third-order valence-electron chi connectivity index (χ3n) is 3.39. The number of hydrogen-bond donors (Lipinski definition) is 1. The number of nitrogens with two attached hydrogens (primary N) is 1. The molecule has 0 heterocycles. The second-order valence-corrected chi connectivity index (χ2v) is 5.43. The van der Waals surface area contributed by atoms with Gasteiger partial charge in [0.15, 0.2) is 0 Å². The van der Waals surface area contributed by atoms with Crippen LogP contribution in [-0.2, 0) is 5.41 Å². The lowest BCUT2D eigenvalue weighted by Gasteiger charge is -2.42. The Morgan fingerprint density at radius 1 is 1.20 bits per heavy atom. The molecule has 0 spiro atoms. The van der Waals surface area contributed by atoms with Crippen LogP contribution in [0.15, 0.2) is 24.3 Å². The molecule has 1 aliphatic carbocycles. The SMILES string of the molecule is Cl.NCCC1(c2ccc(I)cc2)CCC1. The van der Waals surface area contributed by atoms with Gasteiger partial charge >= 0.3 is 0 Å². The molecule has 0 aromatic heterocycles. The van der Waals surface area contributed by atoms with Gasteiger partial charge in [0.2, 0.25) is 0 Å². The van der Waals surface area contributed by atoms with Crippen LogP contribution in [0.3, 0.4) is 0 Å². The summed E-state index contributed by atoms with van der Waals surface area (Å²) >= 11 is 2.35. The lowest BCUT2D eigenvalue weighted by atomic mass is 9.62. The number of halogens is 2. The first-order chi connectivity index (χ1) is 6.77. The molecule has 0 saturated heterocycles. The molecular formula is C12H17ClIN. The van der Waals surface area contributed by atoms with Crippen LogP contribution in [0, 0.1) is 3.57 Å². The van der Waals surface area contributed by atoms with Crippen LogP contribution >= 0.6 is 35.0 Å². The van der Waals surface area contributed by atoms with Crippen molar-refractivity contribution in [3.05, 3.63) is 33.4 Å². The minimum absolute atomic E-state index is 0. The van der Waals surface area contributed by atoms with Gasteiger partial charge in [-0.25, -0.2) is 0 Å². The van der Waals surface area contributed by atoms with Gasteiger partial charge in [0, 0.05) is 3.57 Å². The topological polar surface area (TPSA) is 26.0 Å². The minimum atomic E-state index is 0. The summed E-state index contributed by atoms with van der Waals surface area (Å²) in [4.78, 5) is 0. The van der Waals surface area contributed by atoms with Crippen LogP contribution in [0.4, 0.5) is 0 Å². The van der Waals surface area contributed by atoms with Gasteiger partial charge in [-0.1, -0.05) is 18.6 Å². The van der Waals surface area contributed by atoms with E-state index in [0.29, 0.717) is 5.41 Å². The predicted molar refractivity (Wildman–Crippen MR) is 75.6 cm³/mol. The summed E-state index contributed by atoms with van der Waals surface area (Å²) in [5.41, 5.74) is 7.61. The number of benzene rings is 1. The van der Waals surface area contributed by atoms with Gasteiger partial charge in [-0.3, -0.25) is 0 Å². The fourth-order valence-electron chi connectivity index (χ4n) is 2.37. The molecule has 0 unspecified atom stereocenters. The maximum atomic E-state index is 5.69. The van der Waals surface area contributed by atoms with E-state index in [1.807, 2.05) is 0 Å². The quantitative estimate of drug-likeness (QED) is 0.840. The lowest BCUT2D eigenvalue weighted by molar-refractivity contribution is 0.229. The van der Waals surface area contributed by atoms with Gasteiger partial charge in [-0.05, 0) is 71.5 Å². The van der Waals surface area contributed by atoms with Crippen LogP contribution in [0.5, 0.6) is 0 Å². The van der Waals surface area contributed by atoms with Crippen LogP contribution < -0.4 is 5.73 Å². The number of hydrogen-bond acceptors (Lipinski definition) is 1. The zero-order valence-electron chi connectivity index (χ0n) is 8.71. The normalized spacial score (nSPS) is 17.7. The average Bonchev–Trinajstić information content (AvgIpc) is 2.13. The van der Waals surface area contributed by atoms with Crippen LogP contribution in [0.25, 0.3) is 0 Å². The Morgan fingerprint density at radius 3 is 2.20 bits per heavy atom. The molecule has 15 heavy (non-hydrogen) atoms. The molecule has 0 amide bonds. The highest BCUT2D eigenvalue weighted by Crippen LogP contribution is 2.46. The zero-order valence-corrected chi connectivity index (χ0v) is 11.7. The molecule has 3 heteroatoms. The summed E-state index contributed by atoms with van der Waals surface area (Å²) in [6, 6.07) is 8.95. The maximum absolute atomic E-state index is 5.69. The van der Waals surface area contributed by atoms with E-state index < -0.39 is 0 Å². The molecule has 0 bridgehead atoms. The lowest BCUT2D eigenvalue weighted by Crippen LogP contribution is -2.36. The molecule has 1 saturated carbocycles. The van der Waals surface area contributed by atoms with Crippen molar-refractivity contribution in [2.24, 2.45) is 5.73 Å². The molecule has 1 aromatic rings. The zero-order chi connectivity index (χ0) is 10.0. The first kappa shape index (κ1) is 13.3. The predicted octanol–water partition coefficient (Wildman–Crippen LogP) is 3.48. The number of rotatable bonds is 3. The highest BCUT2D eigenvalue weighted by atomic mass is 127. The van der Waals surface area contributed by atoms with Crippen LogP contribution in [-0.4, -0.2) is 6.54 Å². The van der Waals surface area contributed by atoms with E-state index in [-0.39, 0.29) is 12.4 Å². The molecule has 0 radical (unpaired) electrons. The summed E-state index contributed by atoms with van der Waals surface area (Å²) in [5, 5.41) is 0. The second-order valence-electron chi connectivity index (χ2n) is 4.18. The molecule has 0 atom stereocenters. The molecule has 2 rings (SSSR count). The molecular weight excluding hydrogens is 320 g/mol. The van der Waals surface area contributed by atoms with Crippen molar-refractivity contribution in [2.75, 3.05) is 6.54 Å². The van der Waals surface area contributed by atoms with E-state index in [0.717, 1.165) is 13.0 Å². The first-order valence-electron chi connectivity index (χ1n) is 5.23. The van der Waals surface area contributed by atoms with Gasteiger partial charge in [0.05, 0.1) is 0 Å². The molecule has 2 N–H and O–H groups in total. The average molecular weight is 338 g/mol. The molecule has 1 aromatic carbocycles. The van der Waals surface area contributed by atoms with Gasteiger partial charge in [-0.2, -0.15) is 0 Å². The third-order valence-corrected chi connectivity index (χ3v) is 4.11. The van der Waals surface area contributed by atoms with Gasteiger partial charge in [-0.15, -0.1) is 12.4 Å². The van der Waals surface area contributed by atoms with E-state index in [1.165, 1.54) is 28.4 Å². The van der Waals surface area contributed by atoms with Crippen LogP contribution in [0.2, 0.25) is 0 Å². The Balaban J connectivity index is 0.00000112. The maximum Gasteiger partial charge on any atom is 0.0130 e. The molecule has 1 aliphatic rings. The van der Waals surface area contributed by atoms with Crippen molar-refractivity contribution in [3.8, 4) is 0 Å². The summed E-state index contributed by atoms with van der Waals surface area (Å²) < 4.78 is 1.31.